The number of halogens is 2. The van der Waals surface area contributed by atoms with Gasteiger partial charge >= 0.3 is 0 Å². The van der Waals surface area contributed by atoms with Gasteiger partial charge < -0.3 is 15.0 Å². The first kappa shape index (κ1) is 17.0. The first-order valence-corrected chi connectivity index (χ1v) is 8.09. The maximum atomic E-state index is 5.57. The maximum absolute atomic E-state index is 5.57. The summed E-state index contributed by atoms with van der Waals surface area (Å²) in [5.74, 6) is 0.874. The summed E-state index contributed by atoms with van der Waals surface area (Å²) in [5.41, 5.74) is 1.24. The predicted octanol–water partition coefficient (Wildman–Crippen LogP) is 3.65. The van der Waals surface area contributed by atoms with Crippen molar-refractivity contribution in [1.82, 2.24) is 10.2 Å². The normalized spacial score (nSPS) is 11.1. The van der Waals surface area contributed by atoms with Crippen LogP contribution in [0.25, 0.3) is 0 Å². The summed E-state index contributed by atoms with van der Waals surface area (Å²) < 4.78 is 7.56. The molecule has 0 fully saturated rings. The van der Waals surface area contributed by atoms with Gasteiger partial charge in [-0.15, -0.1) is 0 Å². The van der Waals surface area contributed by atoms with Crippen LogP contribution in [-0.4, -0.2) is 38.7 Å². The third kappa shape index (κ3) is 6.25. The van der Waals surface area contributed by atoms with Crippen LogP contribution in [0.3, 0.4) is 0 Å². The predicted molar refractivity (Wildman–Crippen MR) is 87.9 cm³/mol. The second-order valence-electron chi connectivity index (χ2n) is 4.66. The van der Waals surface area contributed by atoms with Crippen LogP contribution in [0.4, 0.5) is 0 Å². The standard InChI is InChI=1S/C14H22Br2N2O/c1-4-19-14-12(15)8-11(9-13(14)16)10-17-6-5-7-18(2)3/h8-9,17H,4-7,10H2,1-3H3. The van der Waals surface area contributed by atoms with Crippen LogP contribution in [0.2, 0.25) is 0 Å². The summed E-state index contributed by atoms with van der Waals surface area (Å²) in [4.78, 5) is 2.20. The van der Waals surface area contributed by atoms with Gasteiger partial charge in [0.05, 0.1) is 15.6 Å². The van der Waals surface area contributed by atoms with Crippen LogP contribution in [0.1, 0.15) is 18.9 Å². The topological polar surface area (TPSA) is 24.5 Å². The summed E-state index contributed by atoms with van der Waals surface area (Å²) in [5, 5.41) is 3.45. The number of benzene rings is 1. The molecule has 1 rings (SSSR count). The Morgan fingerprint density at radius 3 is 2.37 bits per heavy atom. The van der Waals surface area contributed by atoms with Crippen LogP contribution in [0.15, 0.2) is 21.1 Å². The smallest absolute Gasteiger partial charge is 0.147 e. The van der Waals surface area contributed by atoms with Crippen LogP contribution in [-0.2, 0) is 6.54 Å². The first-order valence-electron chi connectivity index (χ1n) is 6.50. The largest absolute Gasteiger partial charge is 0.492 e. The highest BCUT2D eigenvalue weighted by Gasteiger charge is 2.08. The van der Waals surface area contributed by atoms with E-state index in [0.717, 1.165) is 40.8 Å². The van der Waals surface area contributed by atoms with Gasteiger partial charge in [-0.25, -0.2) is 0 Å². The molecular formula is C14H22Br2N2O. The molecule has 0 aliphatic rings. The molecule has 1 aromatic carbocycles. The molecule has 0 saturated heterocycles. The second kappa shape index (κ2) is 8.95. The Morgan fingerprint density at radius 1 is 1.21 bits per heavy atom. The van der Waals surface area contributed by atoms with Gasteiger partial charge in [0.1, 0.15) is 5.75 Å². The van der Waals surface area contributed by atoms with Gasteiger partial charge in [0.25, 0.3) is 0 Å². The van der Waals surface area contributed by atoms with Gasteiger partial charge in [0.2, 0.25) is 0 Å². The van der Waals surface area contributed by atoms with Gasteiger partial charge in [-0.05, 0) is 90.1 Å². The molecule has 0 heterocycles. The number of hydrogen-bond acceptors (Lipinski definition) is 3. The lowest BCUT2D eigenvalue weighted by Crippen LogP contribution is -2.21. The molecule has 0 atom stereocenters. The molecular weight excluding hydrogens is 372 g/mol. The minimum absolute atomic E-state index is 0.666. The van der Waals surface area contributed by atoms with Crippen LogP contribution < -0.4 is 10.1 Å². The van der Waals surface area contributed by atoms with E-state index in [1.54, 1.807) is 0 Å². The van der Waals surface area contributed by atoms with E-state index in [9.17, 15) is 0 Å². The van der Waals surface area contributed by atoms with Gasteiger partial charge in [-0.3, -0.25) is 0 Å². The number of rotatable bonds is 8. The van der Waals surface area contributed by atoms with Crippen LogP contribution in [0, 0.1) is 0 Å². The van der Waals surface area contributed by atoms with Crippen molar-refractivity contribution in [2.45, 2.75) is 19.9 Å². The molecule has 108 valence electrons. The fourth-order valence-electron chi connectivity index (χ4n) is 1.75. The Hall–Kier alpha value is -0.100. The molecule has 0 amide bonds. The molecule has 0 bridgehead atoms. The van der Waals surface area contributed by atoms with E-state index in [1.807, 2.05) is 6.92 Å². The average molecular weight is 394 g/mol. The minimum Gasteiger partial charge on any atom is -0.492 e. The van der Waals surface area contributed by atoms with Crippen molar-refractivity contribution in [3.05, 3.63) is 26.6 Å². The number of ether oxygens (including phenoxy) is 1. The minimum atomic E-state index is 0.666. The summed E-state index contributed by atoms with van der Waals surface area (Å²) in [7, 11) is 4.20. The molecule has 19 heavy (non-hydrogen) atoms. The Balaban J connectivity index is 2.47. The molecule has 0 spiro atoms. The highest BCUT2D eigenvalue weighted by atomic mass is 79.9. The Bertz CT molecular complexity index is 374. The van der Waals surface area contributed by atoms with Gasteiger partial charge in [-0.1, -0.05) is 0 Å². The van der Waals surface area contributed by atoms with Crippen molar-refractivity contribution in [2.75, 3.05) is 33.8 Å². The van der Waals surface area contributed by atoms with Crippen molar-refractivity contribution < 1.29 is 4.74 Å². The van der Waals surface area contributed by atoms with Crippen molar-refractivity contribution in [1.29, 1.82) is 0 Å². The molecule has 0 aromatic heterocycles. The fraction of sp³-hybridized carbons (Fsp3) is 0.571. The van der Waals surface area contributed by atoms with Crippen LogP contribution in [0.5, 0.6) is 5.75 Å². The van der Waals surface area contributed by atoms with E-state index in [-0.39, 0.29) is 0 Å². The van der Waals surface area contributed by atoms with E-state index < -0.39 is 0 Å². The van der Waals surface area contributed by atoms with Crippen LogP contribution >= 0.6 is 31.9 Å². The lowest BCUT2D eigenvalue weighted by Gasteiger charge is -2.12. The SMILES string of the molecule is CCOc1c(Br)cc(CNCCCN(C)C)cc1Br. The maximum Gasteiger partial charge on any atom is 0.147 e. The summed E-state index contributed by atoms with van der Waals surface area (Å²) in [6.07, 6.45) is 1.16. The zero-order valence-electron chi connectivity index (χ0n) is 11.8. The zero-order chi connectivity index (χ0) is 14.3. The summed E-state index contributed by atoms with van der Waals surface area (Å²) in [6.45, 7) is 5.67. The van der Waals surface area contributed by atoms with Crippen molar-refractivity contribution in [3.8, 4) is 5.75 Å². The van der Waals surface area contributed by atoms with Crippen molar-refractivity contribution in [3.63, 3.8) is 0 Å². The van der Waals surface area contributed by atoms with Crippen molar-refractivity contribution in [2.24, 2.45) is 0 Å². The molecule has 0 unspecified atom stereocenters. The molecule has 1 aromatic rings. The highest BCUT2D eigenvalue weighted by Crippen LogP contribution is 2.34. The zero-order valence-corrected chi connectivity index (χ0v) is 15.0. The third-order valence-corrected chi connectivity index (χ3v) is 3.81. The highest BCUT2D eigenvalue weighted by molar-refractivity contribution is 9.11. The van der Waals surface area contributed by atoms with Gasteiger partial charge in [-0.2, -0.15) is 0 Å². The molecule has 0 aliphatic carbocycles. The lowest BCUT2D eigenvalue weighted by molar-refractivity contribution is 0.336. The van der Waals surface area contributed by atoms with Gasteiger partial charge in [0, 0.05) is 6.54 Å². The molecule has 3 nitrogen and oxygen atoms in total. The molecule has 5 heteroatoms. The number of nitrogens with zero attached hydrogens (tertiary/aromatic N) is 1. The Morgan fingerprint density at radius 2 is 1.84 bits per heavy atom. The molecule has 0 saturated carbocycles. The quantitative estimate of drug-likeness (QED) is 0.682. The molecule has 1 N–H and O–H groups in total. The van der Waals surface area contributed by atoms with Gasteiger partial charge in [0.15, 0.2) is 0 Å². The van der Waals surface area contributed by atoms with E-state index in [4.69, 9.17) is 4.74 Å². The summed E-state index contributed by atoms with van der Waals surface area (Å²) >= 11 is 7.10. The molecule has 0 radical (unpaired) electrons. The van der Waals surface area contributed by atoms with E-state index in [2.05, 4.69) is 68.3 Å². The average Bonchev–Trinajstić information content (AvgIpc) is 2.33. The van der Waals surface area contributed by atoms with E-state index >= 15 is 0 Å². The Labute approximate surface area is 133 Å². The van der Waals surface area contributed by atoms with E-state index in [1.165, 1.54) is 5.56 Å². The first-order chi connectivity index (χ1) is 9.04. The second-order valence-corrected chi connectivity index (χ2v) is 6.36. The number of nitrogens with one attached hydrogen (secondary N) is 1. The lowest BCUT2D eigenvalue weighted by atomic mass is 10.2. The third-order valence-electron chi connectivity index (χ3n) is 2.63. The van der Waals surface area contributed by atoms with Crippen molar-refractivity contribution >= 4 is 31.9 Å². The Kier molecular flexibility index (Phi) is 7.99. The fourth-order valence-corrected chi connectivity index (χ4v) is 3.26. The molecule has 0 aliphatic heterocycles. The number of hydrogen-bond donors (Lipinski definition) is 1. The summed E-state index contributed by atoms with van der Waals surface area (Å²) in [6, 6.07) is 4.21. The monoisotopic (exact) mass is 392 g/mol. The van der Waals surface area contributed by atoms with E-state index in [0.29, 0.717) is 6.61 Å².